The molecule has 0 spiro atoms. The Hall–Kier alpha value is -3.27. The average Bonchev–Trinajstić information content (AvgIpc) is 2.72. The molecule has 1 atom stereocenters. The van der Waals surface area contributed by atoms with Gasteiger partial charge in [-0.2, -0.15) is 0 Å². The number of amides is 1. The number of hydrogen-bond donors (Lipinski definition) is 0. The van der Waals surface area contributed by atoms with Crippen LogP contribution in [0.15, 0.2) is 53.4 Å². The number of hydrogen-bond acceptors (Lipinski definition) is 7. The topological polar surface area (TPSA) is 124 Å². The van der Waals surface area contributed by atoms with Crippen molar-refractivity contribution in [3.05, 3.63) is 69.8 Å². The highest BCUT2D eigenvalue weighted by Crippen LogP contribution is 2.27. The molecule has 0 aromatic heterocycles. The lowest BCUT2D eigenvalue weighted by Crippen LogP contribution is -2.36. The summed E-state index contributed by atoms with van der Waals surface area (Å²) in [6.07, 6.45) is -0.408. The molecule has 0 aliphatic rings. The predicted octanol–water partition coefficient (Wildman–Crippen LogP) is 2.76. The summed E-state index contributed by atoms with van der Waals surface area (Å²) in [5.41, 5.74) is -0.523. The number of nitro benzene ring substituents is 1. The number of esters is 1. The molecular formula is C20H22N2O7S. The minimum absolute atomic E-state index is 0.234. The fourth-order valence-corrected chi connectivity index (χ4v) is 3.69. The van der Waals surface area contributed by atoms with Crippen LogP contribution in [0, 0.1) is 10.1 Å². The summed E-state index contributed by atoms with van der Waals surface area (Å²) < 4.78 is 29.0. The molecule has 0 aliphatic carbocycles. The molecular weight excluding hydrogens is 412 g/mol. The van der Waals surface area contributed by atoms with E-state index >= 15 is 0 Å². The Balaban J connectivity index is 2.44. The molecule has 1 unspecified atom stereocenters. The van der Waals surface area contributed by atoms with E-state index in [-0.39, 0.29) is 5.56 Å². The van der Waals surface area contributed by atoms with Crippen LogP contribution < -0.4 is 0 Å². The van der Waals surface area contributed by atoms with E-state index in [0.717, 1.165) is 24.5 Å². The molecule has 2 rings (SSSR count). The van der Waals surface area contributed by atoms with Gasteiger partial charge in [0.2, 0.25) is 6.10 Å². The third-order valence-corrected chi connectivity index (χ3v) is 5.56. The molecule has 160 valence electrons. The summed E-state index contributed by atoms with van der Waals surface area (Å²) in [5.74, 6) is -1.41. The number of carbonyl (C=O) groups is 2. The first-order valence-electron chi connectivity index (χ1n) is 9.13. The quantitative estimate of drug-likeness (QED) is 0.355. The Morgan fingerprint density at radius 1 is 1.10 bits per heavy atom. The second-order valence-electron chi connectivity index (χ2n) is 6.42. The first-order valence-corrected chi connectivity index (χ1v) is 11.0. The zero-order valence-corrected chi connectivity index (χ0v) is 17.6. The number of sulfone groups is 1. The lowest BCUT2D eigenvalue weighted by Gasteiger charge is -2.25. The van der Waals surface area contributed by atoms with Crippen LogP contribution in [-0.2, 0) is 19.4 Å². The van der Waals surface area contributed by atoms with E-state index in [0.29, 0.717) is 18.7 Å². The standard InChI is InChI=1S/C20H22N2O7S/c1-4-21(5-2)19(23)18(14-9-7-6-8-10-14)29-20(24)15-11-12-17(30(3,27)28)16(13-15)22(25)26/h6-13,18H,4-5H2,1-3H3. The molecule has 2 aromatic carbocycles. The van der Waals surface area contributed by atoms with Gasteiger partial charge in [0.05, 0.1) is 10.5 Å². The van der Waals surface area contributed by atoms with Crippen molar-refractivity contribution < 1.29 is 27.7 Å². The van der Waals surface area contributed by atoms with Crippen LogP contribution in [0.5, 0.6) is 0 Å². The summed E-state index contributed by atoms with van der Waals surface area (Å²) in [6.45, 7) is 4.40. The molecule has 0 saturated heterocycles. The number of carbonyl (C=O) groups excluding carboxylic acids is 2. The van der Waals surface area contributed by atoms with Gasteiger partial charge in [0.1, 0.15) is 4.90 Å². The van der Waals surface area contributed by atoms with E-state index in [1.807, 2.05) is 0 Å². The SMILES string of the molecule is CCN(CC)C(=O)C(OC(=O)c1ccc(S(C)(=O)=O)c([N+](=O)[O-])c1)c1ccccc1. The van der Waals surface area contributed by atoms with Gasteiger partial charge in [0.25, 0.3) is 11.6 Å². The van der Waals surface area contributed by atoms with Crippen LogP contribution >= 0.6 is 0 Å². The van der Waals surface area contributed by atoms with Crippen molar-refractivity contribution in [2.45, 2.75) is 24.8 Å². The molecule has 0 aliphatic heterocycles. The zero-order chi connectivity index (χ0) is 22.5. The van der Waals surface area contributed by atoms with Gasteiger partial charge in [-0.05, 0) is 26.0 Å². The number of likely N-dealkylation sites (N-methyl/N-ethyl adjacent to an activating group) is 1. The Labute approximate surface area is 174 Å². The van der Waals surface area contributed by atoms with Gasteiger partial charge in [-0.1, -0.05) is 30.3 Å². The minimum atomic E-state index is -3.87. The van der Waals surface area contributed by atoms with E-state index in [4.69, 9.17) is 4.74 Å². The fourth-order valence-electron chi connectivity index (χ4n) is 2.87. The van der Waals surface area contributed by atoms with Crippen molar-refractivity contribution in [3.63, 3.8) is 0 Å². The van der Waals surface area contributed by atoms with Gasteiger partial charge in [-0.25, -0.2) is 13.2 Å². The van der Waals surface area contributed by atoms with Gasteiger partial charge in [-0.15, -0.1) is 0 Å². The van der Waals surface area contributed by atoms with Crippen molar-refractivity contribution >= 4 is 27.4 Å². The van der Waals surface area contributed by atoms with E-state index in [9.17, 15) is 28.1 Å². The summed E-state index contributed by atoms with van der Waals surface area (Å²) in [6, 6.07) is 11.3. The summed E-state index contributed by atoms with van der Waals surface area (Å²) in [4.78, 5) is 37.0. The van der Waals surface area contributed by atoms with Crippen LogP contribution in [0.1, 0.15) is 35.9 Å². The van der Waals surface area contributed by atoms with Crippen LogP contribution in [0.2, 0.25) is 0 Å². The van der Waals surface area contributed by atoms with Crippen molar-refractivity contribution in [2.24, 2.45) is 0 Å². The molecule has 1 amide bonds. The third-order valence-electron chi connectivity index (χ3n) is 4.42. The zero-order valence-electron chi connectivity index (χ0n) is 16.8. The highest BCUT2D eigenvalue weighted by molar-refractivity contribution is 7.90. The molecule has 0 bridgehead atoms. The second-order valence-corrected chi connectivity index (χ2v) is 8.40. The Morgan fingerprint density at radius 2 is 1.70 bits per heavy atom. The molecule has 0 saturated carbocycles. The van der Waals surface area contributed by atoms with Crippen molar-refractivity contribution in [2.75, 3.05) is 19.3 Å². The van der Waals surface area contributed by atoms with Crippen LogP contribution in [-0.4, -0.2) is 49.5 Å². The summed E-state index contributed by atoms with van der Waals surface area (Å²) in [7, 11) is -3.87. The maximum Gasteiger partial charge on any atom is 0.339 e. The number of ether oxygens (including phenoxy) is 1. The first-order chi connectivity index (χ1) is 14.1. The van der Waals surface area contributed by atoms with Crippen molar-refractivity contribution in [1.29, 1.82) is 0 Å². The van der Waals surface area contributed by atoms with E-state index in [2.05, 4.69) is 0 Å². The number of nitro groups is 1. The minimum Gasteiger partial charge on any atom is -0.444 e. The van der Waals surface area contributed by atoms with Crippen molar-refractivity contribution in [1.82, 2.24) is 4.90 Å². The largest absolute Gasteiger partial charge is 0.444 e. The molecule has 2 aromatic rings. The Morgan fingerprint density at radius 3 is 2.20 bits per heavy atom. The second kappa shape index (κ2) is 9.49. The number of benzene rings is 2. The highest BCUT2D eigenvalue weighted by Gasteiger charge is 2.30. The monoisotopic (exact) mass is 434 g/mol. The van der Waals surface area contributed by atoms with Gasteiger partial charge >= 0.3 is 5.97 Å². The predicted molar refractivity (Wildman–Crippen MR) is 109 cm³/mol. The Kier molecular flexibility index (Phi) is 7.28. The van der Waals surface area contributed by atoms with E-state index < -0.39 is 43.3 Å². The van der Waals surface area contributed by atoms with Gasteiger partial charge in [0, 0.05) is 31.0 Å². The third kappa shape index (κ3) is 5.20. The molecule has 30 heavy (non-hydrogen) atoms. The molecule has 9 nitrogen and oxygen atoms in total. The highest BCUT2D eigenvalue weighted by atomic mass is 32.2. The Bertz CT molecular complexity index is 1050. The summed E-state index contributed by atoms with van der Waals surface area (Å²) in [5, 5.41) is 11.3. The molecule has 0 N–H and O–H groups in total. The normalized spacial score (nSPS) is 12.1. The number of nitrogens with zero attached hydrogens (tertiary/aromatic N) is 2. The lowest BCUT2D eigenvalue weighted by molar-refractivity contribution is -0.387. The average molecular weight is 434 g/mol. The van der Waals surface area contributed by atoms with Gasteiger partial charge in [-0.3, -0.25) is 14.9 Å². The van der Waals surface area contributed by atoms with Crippen LogP contribution in [0.4, 0.5) is 5.69 Å². The van der Waals surface area contributed by atoms with Gasteiger partial charge < -0.3 is 9.64 Å². The maximum absolute atomic E-state index is 12.9. The van der Waals surface area contributed by atoms with Gasteiger partial charge in [0.15, 0.2) is 9.84 Å². The molecule has 0 heterocycles. The molecule has 10 heteroatoms. The lowest BCUT2D eigenvalue weighted by atomic mass is 10.1. The molecule has 0 radical (unpaired) electrons. The summed E-state index contributed by atoms with van der Waals surface area (Å²) >= 11 is 0. The smallest absolute Gasteiger partial charge is 0.339 e. The maximum atomic E-state index is 12.9. The number of rotatable bonds is 8. The van der Waals surface area contributed by atoms with Crippen molar-refractivity contribution in [3.8, 4) is 0 Å². The van der Waals surface area contributed by atoms with Crippen LogP contribution in [0.3, 0.4) is 0 Å². The fraction of sp³-hybridized carbons (Fsp3) is 0.300. The first kappa shape index (κ1) is 23.0. The van der Waals surface area contributed by atoms with Crippen LogP contribution in [0.25, 0.3) is 0 Å². The van der Waals surface area contributed by atoms with E-state index in [1.165, 1.54) is 4.90 Å². The van der Waals surface area contributed by atoms with E-state index in [1.54, 1.807) is 44.2 Å². The molecule has 0 fully saturated rings.